The number of amides is 2. The number of carbonyl (C=O) groups is 1. The van der Waals surface area contributed by atoms with Crippen LogP contribution in [0.3, 0.4) is 0 Å². The van der Waals surface area contributed by atoms with Crippen LogP contribution in [0, 0.1) is 5.92 Å². The highest BCUT2D eigenvalue weighted by Crippen LogP contribution is 2.19. The van der Waals surface area contributed by atoms with Crippen molar-refractivity contribution in [2.24, 2.45) is 10.3 Å². The molecule has 1 aliphatic heterocycles. The lowest BCUT2D eigenvalue weighted by Crippen LogP contribution is -2.46. The maximum absolute atomic E-state index is 12.2. The second-order valence-corrected chi connectivity index (χ2v) is 8.00. The molecule has 1 fully saturated rings. The van der Waals surface area contributed by atoms with E-state index in [0.29, 0.717) is 12.5 Å². The summed E-state index contributed by atoms with van der Waals surface area (Å²) >= 11 is 0. The zero-order valence-corrected chi connectivity index (χ0v) is 13.4. The molecule has 1 heterocycles. The summed E-state index contributed by atoms with van der Waals surface area (Å²) in [6, 6.07) is 0.148. The number of nitrogens with zero attached hydrogens (tertiary/aromatic N) is 3. The fraction of sp³-hybridized carbons (Fsp3) is 0.923. The van der Waals surface area contributed by atoms with Crippen LogP contribution in [0.4, 0.5) is 4.79 Å². The monoisotopic (exact) mass is 289 g/mol. The molecule has 1 saturated heterocycles. The molecule has 1 rings (SSSR count). The summed E-state index contributed by atoms with van der Waals surface area (Å²) in [7, 11) is -1.99. The Hall–Kier alpha value is -0.780. The van der Waals surface area contributed by atoms with Crippen LogP contribution in [0.5, 0.6) is 0 Å². The summed E-state index contributed by atoms with van der Waals surface area (Å²) in [5.41, 5.74) is 0. The van der Waals surface area contributed by atoms with Gasteiger partial charge in [0.25, 0.3) is 0 Å². The topological polar surface area (TPSA) is 53.0 Å². The van der Waals surface area contributed by atoms with Gasteiger partial charge in [0.1, 0.15) is 0 Å². The van der Waals surface area contributed by atoms with E-state index in [1.165, 1.54) is 0 Å². The molecule has 6 heteroatoms. The zero-order valence-electron chi connectivity index (χ0n) is 12.6. The van der Waals surface area contributed by atoms with Crippen molar-refractivity contribution in [2.75, 3.05) is 45.2 Å². The van der Waals surface area contributed by atoms with Crippen LogP contribution < -0.4 is 0 Å². The van der Waals surface area contributed by atoms with Gasteiger partial charge < -0.3 is 9.80 Å². The predicted octanol–water partition coefficient (Wildman–Crippen LogP) is 1.89. The summed E-state index contributed by atoms with van der Waals surface area (Å²) in [4.78, 5) is 16.0. The molecule has 0 N–H and O–H groups in total. The molecular formula is C13H27N3O2S. The molecule has 1 aliphatic rings. The molecule has 0 radical (unpaired) electrons. The van der Waals surface area contributed by atoms with E-state index in [2.05, 4.69) is 4.36 Å². The van der Waals surface area contributed by atoms with Gasteiger partial charge in [-0.3, -0.25) is 4.21 Å². The summed E-state index contributed by atoms with van der Waals surface area (Å²) in [5.74, 6) is 0.474. The van der Waals surface area contributed by atoms with Gasteiger partial charge in [-0.25, -0.2) is 9.16 Å². The fourth-order valence-corrected chi connectivity index (χ4v) is 2.86. The molecule has 19 heavy (non-hydrogen) atoms. The van der Waals surface area contributed by atoms with Crippen LogP contribution >= 0.6 is 0 Å². The molecule has 0 unspecified atom stereocenters. The fourth-order valence-electron chi connectivity index (χ4n) is 2.29. The third-order valence-electron chi connectivity index (χ3n) is 3.56. The first kappa shape index (κ1) is 16.3. The molecule has 0 aromatic carbocycles. The number of carbonyl (C=O) groups excluding carboxylic acids is 1. The van der Waals surface area contributed by atoms with Gasteiger partial charge in [-0.2, -0.15) is 0 Å². The van der Waals surface area contributed by atoms with Crippen LogP contribution in [0.2, 0.25) is 0 Å². The smallest absolute Gasteiger partial charge is 0.319 e. The van der Waals surface area contributed by atoms with Crippen molar-refractivity contribution in [3.8, 4) is 0 Å². The van der Waals surface area contributed by atoms with E-state index >= 15 is 0 Å². The highest BCUT2D eigenvalue weighted by molar-refractivity contribution is 7.92. The Kier molecular flexibility index (Phi) is 6.10. The lowest BCUT2D eigenvalue weighted by Gasteiger charge is -2.34. The first-order valence-electron chi connectivity index (χ1n) is 7.04. The van der Waals surface area contributed by atoms with E-state index in [-0.39, 0.29) is 6.03 Å². The van der Waals surface area contributed by atoms with Crippen molar-refractivity contribution < 1.29 is 9.00 Å². The number of hydrogen-bond donors (Lipinski definition) is 0. The largest absolute Gasteiger partial charge is 0.325 e. The number of urea groups is 1. The van der Waals surface area contributed by atoms with Crippen molar-refractivity contribution in [3.63, 3.8) is 0 Å². The third kappa shape index (κ3) is 5.38. The highest BCUT2D eigenvalue weighted by Gasteiger charge is 2.24. The van der Waals surface area contributed by atoms with Crippen molar-refractivity contribution in [2.45, 2.75) is 26.7 Å². The van der Waals surface area contributed by atoms with Crippen LogP contribution in [-0.2, 0) is 9.73 Å². The molecule has 0 bridgehead atoms. The average Bonchev–Trinajstić information content (AvgIpc) is 2.37. The molecule has 0 spiro atoms. The standard InChI is InChI=1S/C13H27N3O2S/c1-5-15(6-2)13(17)16-9-7-12(8-10-16)11-14-19(3,4)18/h12H,5-11H2,1-4H3. The minimum atomic E-state index is -1.99. The van der Waals surface area contributed by atoms with E-state index in [1.54, 1.807) is 12.5 Å². The van der Waals surface area contributed by atoms with E-state index < -0.39 is 9.73 Å². The van der Waals surface area contributed by atoms with Crippen molar-refractivity contribution in [1.82, 2.24) is 9.80 Å². The van der Waals surface area contributed by atoms with Crippen molar-refractivity contribution in [1.29, 1.82) is 0 Å². The SMILES string of the molecule is CCN(CC)C(=O)N1CCC(CN=S(C)(C)=O)CC1. The summed E-state index contributed by atoms with van der Waals surface area (Å²) < 4.78 is 15.8. The Morgan fingerprint density at radius 3 is 2.21 bits per heavy atom. The normalized spacial score (nSPS) is 17.4. The van der Waals surface area contributed by atoms with Gasteiger partial charge in [-0.15, -0.1) is 0 Å². The van der Waals surface area contributed by atoms with Crippen LogP contribution in [-0.4, -0.2) is 65.3 Å². The maximum Gasteiger partial charge on any atom is 0.319 e. The molecule has 0 saturated carbocycles. The molecule has 0 aromatic rings. The first-order chi connectivity index (χ1) is 8.87. The number of rotatable bonds is 4. The Bertz CT molecular complexity index is 396. The minimum absolute atomic E-state index is 0.148. The summed E-state index contributed by atoms with van der Waals surface area (Å²) in [6.45, 7) is 7.79. The van der Waals surface area contributed by atoms with Gasteiger partial charge in [0.2, 0.25) is 0 Å². The van der Waals surface area contributed by atoms with E-state index in [4.69, 9.17) is 0 Å². The molecule has 0 atom stereocenters. The van der Waals surface area contributed by atoms with Gasteiger partial charge in [0, 0.05) is 48.4 Å². The number of likely N-dealkylation sites (tertiary alicyclic amines) is 1. The zero-order chi connectivity index (χ0) is 14.5. The molecule has 0 aromatic heterocycles. The van der Waals surface area contributed by atoms with Gasteiger partial charge in [-0.1, -0.05) is 0 Å². The number of hydrogen-bond acceptors (Lipinski definition) is 3. The minimum Gasteiger partial charge on any atom is -0.325 e. The summed E-state index contributed by atoms with van der Waals surface area (Å²) in [6.07, 6.45) is 5.27. The average molecular weight is 289 g/mol. The van der Waals surface area contributed by atoms with Gasteiger partial charge in [-0.05, 0) is 32.6 Å². The van der Waals surface area contributed by atoms with Gasteiger partial charge in [0.05, 0.1) is 6.54 Å². The molecular weight excluding hydrogens is 262 g/mol. The maximum atomic E-state index is 12.2. The van der Waals surface area contributed by atoms with Gasteiger partial charge >= 0.3 is 6.03 Å². The second kappa shape index (κ2) is 7.12. The molecule has 2 amide bonds. The van der Waals surface area contributed by atoms with E-state index in [0.717, 1.165) is 39.0 Å². The Morgan fingerprint density at radius 1 is 1.26 bits per heavy atom. The van der Waals surface area contributed by atoms with Crippen LogP contribution in [0.25, 0.3) is 0 Å². The lowest BCUT2D eigenvalue weighted by molar-refractivity contribution is 0.137. The predicted molar refractivity (Wildman–Crippen MR) is 79.9 cm³/mol. The van der Waals surface area contributed by atoms with Crippen molar-refractivity contribution in [3.05, 3.63) is 0 Å². The Labute approximate surface area is 117 Å². The van der Waals surface area contributed by atoms with E-state index in [9.17, 15) is 9.00 Å². The Balaban J connectivity index is 2.45. The number of piperidine rings is 1. The molecule has 112 valence electrons. The molecule has 0 aliphatic carbocycles. The quantitative estimate of drug-likeness (QED) is 0.793. The molecule has 5 nitrogen and oxygen atoms in total. The van der Waals surface area contributed by atoms with Crippen LogP contribution in [0.15, 0.2) is 4.36 Å². The summed E-state index contributed by atoms with van der Waals surface area (Å²) in [5, 5.41) is 0. The van der Waals surface area contributed by atoms with E-state index in [1.807, 2.05) is 23.6 Å². The lowest BCUT2D eigenvalue weighted by atomic mass is 9.97. The Morgan fingerprint density at radius 2 is 1.79 bits per heavy atom. The van der Waals surface area contributed by atoms with Crippen LogP contribution in [0.1, 0.15) is 26.7 Å². The highest BCUT2D eigenvalue weighted by atomic mass is 32.2. The van der Waals surface area contributed by atoms with Gasteiger partial charge in [0.15, 0.2) is 0 Å². The third-order valence-corrected chi connectivity index (χ3v) is 4.33. The second-order valence-electron chi connectivity index (χ2n) is 5.38. The first-order valence-corrected chi connectivity index (χ1v) is 9.37. The van der Waals surface area contributed by atoms with Crippen molar-refractivity contribution >= 4 is 15.8 Å².